The molecule has 0 saturated carbocycles. The molecule has 1 atom stereocenters. The van der Waals surface area contributed by atoms with Crippen LogP contribution in [0.2, 0.25) is 0 Å². The van der Waals surface area contributed by atoms with Gasteiger partial charge in [-0.05, 0) is 18.6 Å². The van der Waals surface area contributed by atoms with Crippen LogP contribution in [-0.2, 0) is 5.41 Å². The van der Waals surface area contributed by atoms with Crippen LogP contribution in [0.5, 0.6) is 5.75 Å². The van der Waals surface area contributed by atoms with Crippen molar-refractivity contribution in [3.8, 4) is 5.75 Å². The SMILES string of the molecule is COc1cc(C)ccc1C(C)(CN)CF. The maximum absolute atomic E-state index is 13.0. The van der Waals surface area contributed by atoms with Gasteiger partial charge in [0.15, 0.2) is 0 Å². The summed E-state index contributed by atoms with van der Waals surface area (Å²) in [6.45, 7) is 3.56. The Labute approximate surface area is 90.2 Å². The van der Waals surface area contributed by atoms with E-state index in [0.717, 1.165) is 11.1 Å². The van der Waals surface area contributed by atoms with Crippen LogP contribution in [-0.4, -0.2) is 20.3 Å². The molecule has 1 unspecified atom stereocenters. The largest absolute Gasteiger partial charge is 0.496 e. The molecule has 0 fully saturated rings. The molecule has 0 bridgehead atoms. The highest BCUT2D eigenvalue weighted by molar-refractivity contribution is 5.42. The summed E-state index contributed by atoms with van der Waals surface area (Å²) in [5, 5.41) is 0. The highest BCUT2D eigenvalue weighted by Gasteiger charge is 2.28. The van der Waals surface area contributed by atoms with E-state index in [4.69, 9.17) is 10.5 Å². The Morgan fingerprint density at radius 2 is 2.13 bits per heavy atom. The molecular weight excluding hydrogens is 193 g/mol. The molecule has 1 rings (SSSR count). The summed E-state index contributed by atoms with van der Waals surface area (Å²) in [4.78, 5) is 0. The van der Waals surface area contributed by atoms with Crippen molar-refractivity contribution in [1.29, 1.82) is 0 Å². The summed E-state index contributed by atoms with van der Waals surface area (Å²) < 4.78 is 18.3. The predicted octanol–water partition coefficient (Wildman–Crippen LogP) is 2.19. The van der Waals surface area contributed by atoms with E-state index in [1.54, 1.807) is 14.0 Å². The van der Waals surface area contributed by atoms with E-state index in [1.807, 2.05) is 25.1 Å². The molecule has 1 aromatic rings. The molecular formula is C12H18FNO. The summed E-state index contributed by atoms with van der Waals surface area (Å²) >= 11 is 0. The molecule has 0 saturated heterocycles. The van der Waals surface area contributed by atoms with Gasteiger partial charge in [0.2, 0.25) is 0 Å². The van der Waals surface area contributed by atoms with E-state index < -0.39 is 12.1 Å². The molecule has 0 spiro atoms. The number of rotatable bonds is 4. The van der Waals surface area contributed by atoms with Crippen LogP contribution in [0.25, 0.3) is 0 Å². The highest BCUT2D eigenvalue weighted by Crippen LogP contribution is 2.32. The van der Waals surface area contributed by atoms with Crippen molar-refractivity contribution in [3.05, 3.63) is 29.3 Å². The number of ether oxygens (including phenoxy) is 1. The van der Waals surface area contributed by atoms with Crippen molar-refractivity contribution in [2.75, 3.05) is 20.3 Å². The van der Waals surface area contributed by atoms with Crippen LogP contribution < -0.4 is 10.5 Å². The van der Waals surface area contributed by atoms with Gasteiger partial charge < -0.3 is 10.5 Å². The molecule has 0 heterocycles. The molecule has 0 aliphatic carbocycles. The number of alkyl halides is 1. The van der Waals surface area contributed by atoms with Crippen molar-refractivity contribution in [2.24, 2.45) is 5.73 Å². The van der Waals surface area contributed by atoms with Crippen molar-refractivity contribution in [2.45, 2.75) is 19.3 Å². The average Bonchev–Trinajstić information content (AvgIpc) is 2.27. The first-order chi connectivity index (χ1) is 7.07. The van der Waals surface area contributed by atoms with Crippen molar-refractivity contribution in [3.63, 3.8) is 0 Å². The first kappa shape index (κ1) is 12.0. The van der Waals surface area contributed by atoms with Crippen molar-refractivity contribution in [1.82, 2.24) is 0 Å². The summed E-state index contributed by atoms with van der Waals surface area (Å²) in [6.07, 6.45) is 0. The Morgan fingerprint density at radius 3 is 2.60 bits per heavy atom. The van der Waals surface area contributed by atoms with E-state index in [0.29, 0.717) is 5.75 Å². The van der Waals surface area contributed by atoms with Gasteiger partial charge in [0.1, 0.15) is 12.4 Å². The molecule has 0 aliphatic rings. The molecule has 3 heteroatoms. The fourth-order valence-electron chi connectivity index (χ4n) is 1.53. The monoisotopic (exact) mass is 211 g/mol. The minimum absolute atomic E-state index is 0.267. The third-order valence-corrected chi connectivity index (χ3v) is 2.75. The van der Waals surface area contributed by atoms with Gasteiger partial charge in [-0.2, -0.15) is 0 Å². The lowest BCUT2D eigenvalue weighted by Crippen LogP contribution is -2.34. The van der Waals surface area contributed by atoms with E-state index in [2.05, 4.69) is 0 Å². The van der Waals surface area contributed by atoms with E-state index in [-0.39, 0.29) is 6.54 Å². The van der Waals surface area contributed by atoms with Crippen LogP contribution in [0.1, 0.15) is 18.1 Å². The summed E-state index contributed by atoms with van der Waals surface area (Å²) in [5.74, 6) is 0.709. The quantitative estimate of drug-likeness (QED) is 0.828. The van der Waals surface area contributed by atoms with Gasteiger partial charge in [-0.3, -0.25) is 4.39 Å². The van der Waals surface area contributed by atoms with Gasteiger partial charge in [-0.25, -0.2) is 0 Å². The number of benzene rings is 1. The minimum atomic E-state index is -0.654. The van der Waals surface area contributed by atoms with Crippen LogP contribution in [0.3, 0.4) is 0 Å². The smallest absolute Gasteiger partial charge is 0.123 e. The summed E-state index contributed by atoms with van der Waals surface area (Å²) in [6, 6.07) is 5.74. The van der Waals surface area contributed by atoms with Gasteiger partial charge in [0.25, 0.3) is 0 Å². The lowest BCUT2D eigenvalue weighted by Gasteiger charge is -2.27. The van der Waals surface area contributed by atoms with Gasteiger partial charge >= 0.3 is 0 Å². The fraction of sp³-hybridized carbons (Fsp3) is 0.500. The van der Waals surface area contributed by atoms with E-state index in [9.17, 15) is 4.39 Å². The number of nitrogens with two attached hydrogens (primary N) is 1. The van der Waals surface area contributed by atoms with Crippen LogP contribution in [0.15, 0.2) is 18.2 Å². The second-order valence-electron chi connectivity index (χ2n) is 4.10. The first-order valence-electron chi connectivity index (χ1n) is 4.98. The normalized spacial score (nSPS) is 14.7. The maximum Gasteiger partial charge on any atom is 0.123 e. The van der Waals surface area contributed by atoms with Gasteiger partial charge in [-0.1, -0.05) is 19.1 Å². The van der Waals surface area contributed by atoms with Crippen LogP contribution in [0.4, 0.5) is 4.39 Å². The molecule has 15 heavy (non-hydrogen) atoms. The zero-order chi connectivity index (χ0) is 11.5. The lowest BCUT2D eigenvalue weighted by molar-refractivity contribution is 0.318. The summed E-state index contributed by atoms with van der Waals surface area (Å²) in [7, 11) is 1.59. The third-order valence-electron chi connectivity index (χ3n) is 2.75. The fourth-order valence-corrected chi connectivity index (χ4v) is 1.53. The molecule has 1 aromatic carbocycles. The molecule has 0 amide bonds. The van der Waals surface area contributed by atoms with Crippen molar-refractivity contribution >= 4 is 0 Å². The zero-order valence-electron chi connectivity index (χ0n) is 9.51. The number of aryl methyl sites for hydroxylation is 1. The van der Waals surface area contributed by atoms with Crippen LogP contribution in [0, 0.1) is 6.92 Å². The number of halogens is 1. The minimum Gasteiger partial charge on any atom is -0.496 e. The first-order valence-corrected chi connectivity index (χ1v) is 4.98. The number of hydrogen-bond acceptors (Lipinski definition) is 2. The Kier molecular flexibility index (Phi) is 3.69. The zero-order valence-corrected chi connectivity index (χ0v) is 9.51. The Bertz CT molecular complexity index is 334. The lowest BCUT2D eigenvalue weighted by atomic mass is 9.83. The Morgan fingerprint density at radius 1 is 1.47 bits per heavy atom. The van der Waals surface area contributed by atoms with Gasteiger partial charge in [0.05, 0.1) is 7.11 Å². The Hall–Kier alpha value is -1.09. The Balaban J connectivity index is 3.23. The molecule has 0 aliphatic heterocycles. The van der Waals surface area contributed by atoms with E-state index in [1.165, 1.54) is 0 Å². The molecule has 0 radical (unpaired) electrons. The average molecular weight is 211 g/mol. The maximum atomic E-state index is 13.0. The number of methoxy groups -OCH3 is 1. The van der Waals surface area contributed by atoms with Gasteiger partial charge in [0, 0.05) is 17.5 Å². The topological polar surface area (TPSA) is 35.2 Å². The van der Waals surface area contributed by atoms with Crippen LogP contribution >= 0.6 is 0 Å². The molecule has 84 valence electrons. The summed E-state index contributed by atoms with van der Waals surface area (Å²) in [5.41, 5.74) is 6.89. The molecule has 2 nitrogen and oxygen atoms in total. The standard InChI is InChI=1S/C12H18FNO/c1-9-4-5-10(11(6-9)15-3)12(2,7-13)8-14/h4-6H,7-8,14H2,1-3H3. The molecule has 0 aromatic heterocycles. The third kappa shape index (κ3) is 2.29. The van der Waals surface area contributed by atoms with E-state index >= 15 is 0 Å². The number of hydrogen-bond donors (Lipinski definition) is 1. The predicted molar refractivity (Wildman–Crippen MR) is 60.1 cm³/mol. The second-order valence-corrected chi connectivity index (χ2v) is 4.10. The second kappa shape index (κ2) is 4.62. The molecule has 2 N–H and O–H groups in total. The van der Waals surface area contributed by atoms with Crippen molar-refractivity contribution < 1.29 is 9.13 Å². The van der Waals surface area contributed by atoms with Gasteiger partial charge in [-0.15, -0.1) is 0 Å². The highest BCUT2D eigenvalue weighted by atomic mass is 19.1.